The molecule has 0 fully saturated rings. The zero-order valence-corrected chi connectivity index (χ0v) is 12.0. The van der Waals surface area contributed by atoms with Crippen molar-refractivity contribution in [2.75, 3.05) is 18.1 Å². The van der Waals surface area contributed by atoms with Gasteiger partial charge in [0.2, 0.25) is 5.91 Å². The number of hydrogen-bond acceptors (Lipinski definition) is 2. The number of thioether (sulfide) groups is 1. The Bertz CT molecular complexity index is 367. The Kier molecular flexibility index (Phi) is 7.05. The molecule has 0 radical (unpaired) electrons. The first-order valence-electron chi connectivity index (χ1n) is 5.40. The SMILES string of the molecule is C=C(Br)CNC(=O)CSCCc1ccccc1. The Balaban J connectivity index is 2.08. The number of nitrogens with one attached hydrogen (secondary N) is 1. The molecule has 0 bridgehead atoms. The highest BCUT2D eigenvalue weighted by Crippen LogP contribution is 2.06. The van der Waals surface area contributed by atoms with Crippen molar-refractivity contribution in [2.24, 2.45) is 0 Å². The zero-order chi connectivity index (χ0) is 12.5. The van der Waals surface area contributed by atoms with Crippen molar-refractivity contribution in [1.29, 1.82) is 0 Å². The first-order chi connectivity index (χ1) is 8.18. The molecular weight excluding hydrogens is 298 g/mol. The topological polar surface area (TPSA) is 29.1 Å². The van der Waals surface area contributed by atoms with Gasteiger partial charge in [-0.05, 0) is 17.7 Å². The highest BCUT2D eigenvalue weighted by molar-refractivity contribution is 9.11. The third kappa shape index (κ3) is 7.23. The number of rotatable bonds is 7. The molecule has 0 spiro atoms. The lowest BCUT2D eigenvalue weighted by molar-refractivity contribution is -0.118. The lowest BCUT2D eigenvalue weighted by Gasteiger charge is -2.04. The van der Waals surface area contributed by atoms with E-state index in [4.69, 9.17) is 0 Å². The van der Waals surface area contributed by atoms with Crippen LogP contribution in [-0.2, 0) is 11.2 Å². The van der Waals surface area contributed by atoms with Crippen molar-refractivity contribution < 1.29 is 4.79 Å². The molecule has 0 aromatic heterocycles. The van der Waals surface area contributed by atoms with Gasteiger partial charge in [0.1, 0.15) is 0 Å². The van der Waals surface area contributed by atoms with Gasteiger partial charge >= 0.3 is 0 Å². The highest BCUT2D eigenvalue weighted by atomic mass is 79.9. The molecule has 0 aliphatic heterocycles. The standard InChI is InChI=1S/C13H16BrNOS/c1-11(14)9-15-13(16)10-17-8-7-12-5-3-2-4-6-12/h2-6H,1,7-10H2,(H,15,16). The summed E-state index contributed by atoms with van der Waals surface area (Å²) in [6.07, 6.45) is 1.00. The molecule has 0 aliphatic carbocycles. The molecule has 1 aromatic rings. The average molecular weight is 314 g/mol. The molecule has 4 heteroatoms. The van der Waals surface area contributed by atoms with Crippen LogP contribution in [0.3, 0.4) is 0 Å². The van der Waals surface area contributed by atoms with Gasteiger partial charge in [-0.15, -0.1) is 0 Å². The van der Waals surface area contributed by atoms with Gasteiger partial charge in [0.15, 0.2) is 0 Å². The van der Waals surface area contributed by atoms with E-state index in [0.717, 1.165) is 16.7 Å². The van der Waals surface area contributed by atoms with Crippen LogP contribution in [0.25, 0.3) is 0 Å². The molecule has 1 N–H and O–H groups in total. The smallest absolute Gasteiger partial charge is 0.230 e. The van der Waals surface area contributed by atoms with E-state index in [1.807, 2.05) is 18.2 Å². The Morgan fingerprint density at radius 1 is 1.35 bits per heavy atom. The van der Waals surface area contributed by atoms with E-state index >= 15 is 0 Å². The quantitative estimate of drug-likeness (QED) is 0.784. The molecule has 0 saturated carbocycles. The maximum atomic E-state index is 11.4. The van der Waals surface area contributed by atoms with Crippen LogP contribution in [0.15, 0.2) is 41.4 Å². The molecule has 0 aliphatic rings. The summed E-state index contributed by atoms with van der Waals surface area (Å²) in [5.74, 6) is 1.53. The van der Waals surface area contributed by atoms with E-state index in [2.05, 4.69) is 40.0 Å². The van der Waals surface area contributed by atoms with Gasteiger partial charge in [0.05, 0.1) is 5.75 Å². The predicted molar refractivity (Wildman–Crippen MR) is 78.5 cm³/mol. The summed E-state index contributed by atoms with van der Waals surface area (Å²) in [6, 6.07) is 10.3. The molecular formula is C13H16BrNOS. The van der Waals surface area contributed by atoms with E-state index < -0.39 is 0 Å². The lowest BCUT2D eigenvalue weighted by atomic mass is 10.2. The van der Waals surface area contributed by atoms with Crippen LogP contribution in [0.4, 0.5) is 0 Å². The van der Waals surface area contributed by atoms with Crippen LogP contribution in [0, 0.1) is 0 Å². The second-order valence-electron chi connectivity index (χ2n) is 3.58. The Morgan fingerprint density at radius 2 is 2.06 bits per heavy atom. The summed E-state index contributed by atoms with van der Waals surface area (Å²) in [7, 11) is 0. The van der Waals surface area contributed by atoms with Crippen LogP contribution in [0.1, 0.15) is 5.56 Å². The summed E-state index contributed by atoms with van der Waals surface area (Å²) >= 11 is 4.85. The van der Waals surface area contributed by atoms with Gasteiger partial charge in [-0.1, -0.05) is 52.8 Å². The second-order valence-corrected chi connectivity index (χ2v) is 5.81. The largest absolute Gasteiger partial charge is 0.351 e. The van der Waals surface area contributed by atoms with E-state index in [1.165, 1.54) is 5.56 Å². The fourth-order valence-corrected chi connectivity index (χ4v) is 2.20. The summed E-state index contributed by atoms with van der Waals surface area (Å²) in [5.41, 5.74) is 1.31. The maximum absolute atomic E-state index is 11.4. The minimum absolute atomic E-state index is 0.0589. The summed E-state index contributed by atoms with van der Waals surface area (Å²) < 4.78 is 0.792. The predicted octanol–water partition coefficient (Wildman–Crippen LogP) is 2.99. The van der Waals surface area contributed by atoms with Crippen LogP contribution in [0.2, 0.25) is 0 Å². The molecule has 1 aromatic carbocycles. The molecule has 92 valence electrons. The van der Waals surface area contributed by atoms with Crippen molar-refractivity contribution >= 4 is 33.6 Å². The lowest BCUT2D eigenvalue weighted by Crippen LogP contribution is -2.26. The van der Waals surface area contributed by atoms with Crippen molar-refractivity contribution in [3.8, 4) is 0 Å². The second kappa shape index (κ2) is 8.37. The number of carbonyl (C=O) groups excluding carboxylic acids is 1. The summed E-state index contributed by atoms with van der Waals surface area (Å²) in [4.78, 5) is 11.4. The maximum Gasteiger partial charge on any atom is 0.230 e. The van der Waals surface area contributed by atoms with Gasteiger partial charge in [-0.3, -0.25) is 4.79 Å². The van der Waals surface area contributed by atoms with Gasteiger partial charge in [0.25, 0.3) is 0 Å². The summed E-state index contributed by atoms with van der Waals surface area (Å²) in [5, 5.41) is 2.77. The summed E-state index contributed by atoms with van der Waals surface area (Å²) in [6.45, 7) is 4.16. The van der Waals surface area contributed by atoms with Crippen molar-refractivity contribution in [1.82, 2.24) is 5.32 Å². The highest BCUT2D eigenvalue weighted by Gasteiger charge is 2.01. The number of carbonyl (C=O) groups is 1. The van der Waals surface area contributed by atoms with Crippen LogP contribution < -0.4 is 5.32 Å². The van der Waals surface area contributed by atoms with Gasteiger partial charge in [0, 0.05) is 11.0 Å². The molecule has 1 amide bonds. The molecule has 0 heterocycles. The number of hydrogen-bond donors (Lipinski definition) is 1. The first kappa shape index (κ1) is 14.3. The number of amides is 1. The first-order valence-corrected chi connectivity index (χ1v) is 7.35. The Hall–Kier alpha value is -0.740. The molecule has 1 rings (SSSR count). The van der Waals surface area contributed by atoms with E-state index in [9.17, 15) is 4.79 Å². The minimum atomic E-state index is 0.0589. The molecule has 0 saturated heterocycles. The molecule has 0 atom stereocenters. The van der Waals surface area contributed by atoms with Crippen molar-refractivity contribution in [3.05, 3.63) is 47.0 Å². The van der Waals surface area contributed by atoms with Gasteiger partial charge < -0.3 is 5.32 Å². The monoisotopic (exact) mass is 313 g/mol. The van der Waals surface area contributed by atoms with E-state index in [0.29, 0.717) is 12.3 Å². The molecule has 0 unspecified atom stereocenters. The molecule has 2 nitrogen and oxygen atoms in total. The normalized spacial score (nSPS) is 9.94. The fourth-order valence-electron chi connectivity index (χ4n) is 1.25. The number of halogens is 1. The van der Waals surface area contributed by atoms with Crippen LogP contribution in [-0.4, -0.2) is 24.0 Å². The third-order valence-electron chi connectivity index (χ3n) is 2.09. The van der Waals surface area contributed by atoms with Gasteiger partial charge in [-0.25, -0.2) is 0 Å². The zero-order valence-electron chi connectivity index (χ0n) is 9.62. The fraction of sp³-hybridized carbons (Fsp3) is 0.308. The van der Waals surface area contributed by atoms with E-state index in [-0.39, 0.29) is 5.91 Å². The van der Waals surface area contributed by atoms with Gasteiger partial charge in [-0.2, -0.15) is 11.8 Å². The van der Waals surface area contributed by atoms with Crippen molar-refractivity contribution in [2.45, 2.75) is 6.42 Å². The minimum Gasteiger partial charge on any atom is -0.351 e. The van der Waals surface area contributed by atoms with Crippen LogP contribution >= 0.6 is 27.7 Å². The van der Waals surface area contributed by atoms with Crippen molar-refractivity contribution in [3.63, 3.8) is 0 Å². The van der Waals surface area contributed by atoms with E-state index in [1.54, 1.807) is 11.8 Å². The molecule has 17 heavy (non-hydrogen) atoms. The Morgan fingerprint density at radius 3 is 2.71 bits per heavy atom. The average Bonchev–Trinajstić information content (AvgIpc) is 2.33. The number of benzene rings is 1. The Labute approximate surface area is 115 Å². The van der Waals surface area contributed by atoms with Crippen LogP contribution in [0.5, 0.6) is 0 Å². The number of aryl methyl sites for hydroxylation is 1. The third-order valence-corrected chi connectivity index (χ3v) is 3.33.